The molecule has 3 heteroatoms. The Labute approximate surface area is 97.9 Å². The van der Waals surface area contributed by atoms with Gasteiger partial charge >= 0.3 is 0 Å². The van der Waals surface area contributed by atoms with E-state index in [0.29, 0.717) is 0 Å². The van der Waals surface area contributed by atoms with E-state index in [1.807, 2.05) is 12.4 Å². The van der Waals surface area contributed by atoms with Crippen LogP contribution in [-0.2, 0) is 6.42 Å². The first-order valence-electron chi connectivity index (χ1n) is 6.27. The minimum Gasteiger partial charge on any atom is -0.314 e. The Balaban J connectivity index is 1.58. The minimum absolute atomic E-state index is 1.16. The van der Waals surface area contributed by atoms with Crippen molar-refractivity contribution in [2.24, 2.45) is 0 Å². The normalized spacial score (nSPS) is 17.5. The number of nitrogens with zero attached hydrogens (tertiary/aromatic N) is 2. The van der Waals surface area contributed by atoms with Crippen LogP contribution in [0.2, 0.25) is 0 Å². The van der Waals surface area contributed by atoms with E-state index in [4.69, 9.17) is 0 Å². The zero-order chi connectivity index (χ0) is 11.1. The first kappa shape index (κ1) is 11.6. The molecule has 0 bridgehead atoms. The smallest absolute Gasteiger partial charge is 0.0270 e. The third-order valence-corrected chi connectivity index (χ3v) is 3.15. The Morgan fingerprint density at radius 3 is 2.62 bits per heavy atom. The number of pyridine rings is 1. The monoisotopic (exact) mass is 219 g/mol. The van der Waals surface area contributed by atoms with Crippen molar-refractivity contribution in [2.75, 3.05) is 32.7 Å². The third-order valence-electron chi connectivity index (χ3n) is 3.15. The highest BCUT2D eigenvalue weighted by atomic mass is 15.2. The molecule has 1 saturated heterocycles. The molecule has 0 spiro atoms. The van der Waals surface area contributed by atoms with Crippen LogP contribution in [0.1, 0.15) is 18.4 Å². The Kier molecular flexibility index (Phi) is 4.77. The topological polar surface area (TPSA) is 28.2 Å². The zero-order valence-corrected chi connectivity index (χ0v) is 9.86. The molecule has 1 aromatic heterocycles. The van der Waals surface area contributed by atoms with Crippen LogP contribution >= 0.6 is 0 Å². The molecule has 0 saturated carbocycles. The van der Waals surface area contributed by atoms with E-state index >= 15 is 0 Å². The highest BCUT2D eigenvalue weighted by Crippen LogP contribution is 2.04. The Morgan fingerprint density at radius 1 is 1.12 bits per heavy atom. The van der Waals surface area contributed by atoms with Gasteiger partial charge < -0.3 is 10.2 Å². The summed E-state index contributed by atoms with van der Waals surface area (Å²) in [6.07, 6.45) is 7.54. The molecule has 1 aromatic rings. The van der Waals surface area contributed by atoms with Crippen LogP contribution in [0.5, 0.6) is 0 Å². The van der Waals surface area contributed by atoms with Gasteiger partial charge in [-0.1, -0.05) is 0 Å². The first-order chi connectivity index (χ1) is 7.95. The van der Waals surface area contributed by atoms with Crippen LogP contribution in [-0.4, -0.2) is 42.6 Å². The van der Waals surface area contributed by atoms with Gasteiger partial charge in [0.2, 0.25) is 0 Å². The number of aryl methyl sites for hydroxylation is 1. The molecule has 1 aliphatic rings. The maximum Gasteiger partial charge on any atom is 0.0270 e. The van der Waals surface area contributed by atoms with Gasteiger partial charge in [0.15, 0.2) is 0 Å². The fraction of sp³-hybridized carbons (Fsp3) is 0.615. The molecule has 16 heavy (non-hydrogen) atoms. The number of piperazine rings is 1. The van der Waals surface area contributed by atoms with Crippen molar-refractivity contribution in [3.63, 3.8) is 0 Å². The molecule has 88 valence electrons. The minimum atomic E-state index is 1.16. The van der Waals surface area contributed by atoms with Crippen LogP contribution in [0.25, 0.3) is 0 Å². The third kappa shape index (κ3) is 3.91. The van der Waals surface area contributed by atoms with Gasteiger partial charge in [-0.15, -0.1) is 0 Å². The molecular weight excluding hydrogens is 198 g/mol. The summed E-state index contributed by atoms with van der Waals surface area (Å²) < 4.78 is 0. The number of unbranched alkanes of at least 4 members (excludes halogenated alkanes) is 1. The summed E-state index contributed by atoms with van der Waals surface area (Å²) in [5.41, 5.74) is 1.41. The number of hydrogen-bond donors (Lipinski definition) is 1. The van der Waals surface area contributed by atoms with Crippen molar-refractivity contribution < 1.29 is 0 Å². The summed E-state index contributed by atoms with van der Waals surface area (Å²) in [6.45, 7) is 6.01. The van der Waals surface area contributed by atoms with E-state index in [9.17, 15) is 0 Å². The lowest BCUT2D eigenvalue weighted by Crippen LogP contribution is -2.43. The molecule has 1 aliphatic heterocycles. The quantitative estimate of drug-likeness (QED) is 0.757. The average Bonchev–Trinajstić information content (AvgIpc) is 2.37. The van der Waals surface area contributed by atoms with Crippen LogP contribution in [0.15, 0.2) is 24.5 Å². The van der Waals surface area contributed by atoms with Gasteiger partial charge in [0.25, 0.3) is 0 Å². The van der Waals surface area contributed by atoms with E-state index in [-0.39, 0.29) is 0 Å². The molecule has 0 amide bonds. The molecule has 3 nitrogen and oxygen atoms in total. The molecule has 0 aromatic carbocycles. The van der Waals surface area contributed by atoms with Crippen LogP contribution < -0.4 is 5.32 Å². The van der Waals surface area contributed by atoms with Gasteiger partial charge in [-0.05, 0) is 43.5 Å². The Hall–Kier alpha value is -0.930. The largest absolute Gasteiger partial charge is 0.314 e. The zero-order valence-electron chi connectivity index (χ0n) is 9.86. The van der Waals surface area contributed by atoms with Crippen LogP contribution in [0, 0.1) is 0 Å². The lowest BCUT2D eigenvalue weighted by molar-refractivity contribution is 0.237. The summed E-state index contributed by atoms with van der Waals surface area (Å²) >= 11 is 0. The molecule has 1 N–H and O–H groups in total. The predicted molar refractivity (Wildman–Crippen MR) is 66.5 cm³/mol. The number of rotatable bonds is 5. The van der Waals surface area contributed by atoms with Crippen LogP contribution in [0.4, 0.5) is 0 Å². The van der Waals surface area contributed by atoms with E-state index < -0.39 is 0 Å². The molecular formula is C13H21N3. The Bertz CT molecular complexity index is 280. The van der Waals surface area contributed by atoms with Crippen molar-refractivity contribution in [1.29, 1.82) is 0 Å². The molecule has 2 heterocycles. The molecule has 2 rings (SSSR count). The molecule has 0 radical (unpaired) electrons. The van der Waals surface area contributed by atoms with Crippen molar-refractivity contribution in [3.05, 3.63) is 30.1 Å². The van der Waals surface area contributed by atoms with Gasteiger partial charge in [-0.25, -0.2) is 0 Å². The van der Waals surface area contributed by atoms with Gasteiger partial charge in [0.05, 0.1) is 0 Å². The van der Waals surface area contributed by atoms with Crippen molar-refractivity contribution >= 4 is 0 Å². The van der Waals surface area contributed by atoms with E-state index in [1.165, 1.54) is 44.5 Å². The second-order valence-corrected chi connectivity index (χ2v) is 4.40. The summed E-state index contributed by atoms with van der Waals surface area (Å²) in [5, 5.41) is 3.38. The van der Waals surface area contributed by atoms with Crippen LogP contribution in [0.3, 0.4) is 0 Å². The van der Waals surface area contributed by atoms with Gasteiger partial charge in [-0.2, -0.15) is 0 Å². The van der Waals surface area contributed by atoms with Gasteiger partial charge in [0.1, 0.15) is 0 Å². The summed E-state index contributed by atoms with van der Waals surface area (Å²) in [6, 6.07) is 4.23. The molecule has 1 fully saturated rings. The summed E-state index contributed by atoms with van der Waals surface area (Å²) in [7, 11) is 0. The second kappa shape index (κ2) is 6.61. The van der Waals surface area contributed by atoms with Gasteiger partial charge in [0, 0.05) is 38.6 Å². The highest BCUT2D eigenvalue weighted by molar-refractivity contribution is 5.09. The Morgan fingerprint density at radius 2 is 1.88 bits per heavy atom. The lowest BCUT2D eigenvalue weighted by Gasteiger charge is -2.27. The first-order valence-corrected chi connectivity index (χ1v) is 6.27. The molecule has 0 unspecified atom stereocenters. The second-order valence-electron chi connectivity index (χ2n) is 4.40. The van der Waals surface area contributed by atoms with Gasteiger partial charge in [-0.3, -0.25) is 4.98 Å². The highest BCUT2D eigenvalue weighted by Gasteiger charge is 2.07. The molecule has 0 atom stereocenters. The average molecular weight is 219 g/mol. The number of aromatic nitrogens is 1. The fourth-order valence-corrected chi connectivity index (χ4v) is 2.15. The number of hydrogen-bond acceptors (Lipinski definition) is 3. The summed E-state index contributed by atoms with van der Waals surface area (Å²) in [5.74, 6) is 0. The van der Waals surface area contributed by atoms with Crippen molar-refractivity contribution in [1.82, 2.24) is 15.2 Å². The van der Waals surface area contributed by atoms with Crippen molar-refractivity contribution in [3.8, 4) is 0 Å². The number of nitrogens with one attached hydrogen (secondary N) is 1. The van der Waals surface area contributed by atoms with Crippen molar-refractivity contribution in [2.45, 2.75) is 19.3 Å². The van der Waals surface area contributed by atoms with E-state index in [0.717, 1.165) is 13.1 Å². The SMILES string of the molecule is c1cc(CCCCN2CCNCC2)ccn1. The fourth-order valence-electron chi connectivity index (χ4n) is 2.15. The lowest BCUT2D eigenvalue weighted by atomic mass is 10.1. The predicted octanol–water partition coefficient (Wildman–Crippen LogP) is 1.31. The molecule has 0 aliphatic carbocycles. The van der Waals surface area contributed by atoms with E-state index in [1.54, 1.807) is 0 Å². The van der Waals surface area contributed by atoms with E-state index in [2.05, 4.69) is 27.3 Å². The summed E-state index contributed by atoms with van der Waals surface area (Å²) in [4.78, 5) is 6.59. The standard InChI is InChI=1S/C13H21N3/c1(3-13-4-6-14-7-5-13)2-10-16-11-8-15-9-12-16/h4-7,15H,1-3,8-12H2. The maximum absolute atomic E-state index is 4.03. The maximum atomic E-state index is 4.03.